The fourth-order valence-electron chi connectivity index (χ4n) is 2.02. The van der Waals surface area contributed by atoms with Gasteiger partial charge >= 0.3 is 0 Å². The highest BCUT2D eigenvalue weighted by atomic mass is 19.1. The number of nitrogens with zero attached hydrogens (tertiary/aromatic N) is 3. The van der Waals surface area contributed by atoms with Gasteiger partial charge in [-0.15, -0.1) is 10.2 Å². The second-order valence-electron chi connectivity index (χ2n) is 4.99. The molecule has 1 fully saturated rings. The predicted molar refractivity (Wildman–Crippen MR) is 75.6 cm³/mol. The fraction of sp³-hybridized carbons (Fsp3) is 0.267. The van der Waals surface area contributed by atoms with Crippen molar-refractivity contribution in [2.24, 2.45) is 0 Å². The molecule has 108 valence electrons. The van der Waals surface area contributed by atoms with Crippen molar-refractivity contribution in [3.63, 3.8) is 0 Å². The van der Waals surface area contributed by atoms with Crippen molar-refractivity contribution in [2.45, 2.75) is 25.4 Å². The molecule has 1 aromatic carbocycles. The number of amides is 1. The summed E-state index contributed by atoms with van der Waals surface area (Å²) in [6.45, 7) is 0.350. The van der Waals surface area contributed by atoms with E-state index in [0.717, 1.165) is 24.2 Å². The Morgan fingerprint density at radius 1 is 1.38 bits per heavy atom. The first kappa shape index (κ1) is 13.5. The molecule has 1 heterocycles. The summed E-state index contributed by atoms with van der Waals surface area (Å²) in [5.41, 5.74) is 0.771. The average Bonchev–Trinajstić information content (AvgIpc) is 3.23. The molecule has 0 bridgehead atoms. The lowest BCUT2D eigenvalue weighted by Crippen LogP contribution is -2.22. The Balaban J connectivity index is 1.54. The summed E-state index contributed by atoms with van der Waals surface area (Å²) in [6.07, 6.45) is 7.05. The third-order valence-electron chi connectivity index (χ3n) is 3.31. The minimum atomic E-state index is -0.295. The van der Waals surface area contributed by atoms with E-state index >= 15 is 0 Å². The molecule has 3 rings (SSSR count). The summed E-state index contributed by atoms with van der Waals surface area (Å²) in [5, 5.41) is 10.6. The lowest BCUT2D eigenvalue weighted by Gasteiger charge is -2.04. The van der Waals surface area contributed by atoms with E-state index in [2.05, 4.69) is 15.5 Å². The van der Waals surface area contributed by atoms with Gasteiger partial charge in [0.25, 0.3) is 0 Å². The maximum atomic E-state index is 12.8. The van der Waals surface area contributed by atoms with E-state index in [1.165, 1.54) is 18.2 Å². The molecule has 0 unspecified atom stereocenters. The van der Waals surface area contributed by atoms with Crippen molar-refractivity contribution < 1.29 is 9.18 Å². The number of nitrogens with one attached hydrogen (secondary N) is 1. The van der Waals surface area contributed by atoms with Gasteiger partial charge in [-0.3, -0.25) is 4.79 Å². The standard InChI is InChI=1S/C15H15FN4O/c16-12-4-1-11(2-5-12)3-8-15(21)17-9-14-19-18-10-20(14)13-6-7-13/h1-5,8,10,13H,6-7,9H2,(H,17,21)/b8-3+. The lowest BCUT2D eigenvalue weighted by molar-refractivity contribution is -0.116. The maximum absolute atomic E-state index is 12.8. The van der Waals surface area contributed by atoms with Crippen molar-refractivity contribution >= 4 is 12.0 Å². The predicted octanol–water partition coefficient (Wildman–Crippen LogP) is 2.08. The van der Waals surface area contributed by atoms with Crippen LogP contribution >= 0.6 is 0 Å². The number of rotatable bonds is 5. The first-order valence-corrected chi connectivity index (χ1v) is 6.82. The van der Waals surface area contributed by atoms with Crippen molar-refractivity contribution in [3.05, 3.63) is 53.9 Å². The molecular weight excluding hydrogens is 271 g/mol. The van der Waals surface area contributed by atoms with Gasteiger partial charge in [-0.05, 0) is 36.6 Å². The zero-order valence-corrected chi connectivity index (χ0v) is 11.4. The van der Waals surface area contributed by atoms with Crippen LogP contribution in [0.3, 0.4) is 0 Å². The highest BCUT2D eigenvalue weighted by Gasteiger charge is 2.25. The quantitative estimate of drug-likeness (QED) is 0.856. The number of aromatic nitrogens is 3. The molecule has 0 aliphatic heterocycles. The van der Waals surface area contributed by atoms with Crippen molar-refractivity contribution in [3.8, 4) is 0 Å². The number of halogens is 1. The molecule has 1 amide bonds. The van der Waals surface area contributed by atoms with Crippen LogP contribution in [0.4, 0.5) is 4.39 Å². The Kier molecular flexibility index (Phi) is 3.77. The SMILES string of the molecule is O=C(/C=C/c1ccc(F)cc1)NCc1nncn1C1CC1. The monoisotopic (exact) mass is 286 g/mol. The molecule has 5 nitrogen and oxygen atoms in total. The Morgan fingerprint density at radius 2 is 2.14 bits per heavy atom. The largest absolute Gasteiger partial charge is 0.345 e. The number of hydrogen-bond acceptors (Lipinski definition) is 3. The van der Waals surface area contributed by atoms with Gasteiger partial charge in [-0.25, -0.2) is 4.39 Å². The highest BCUT2D eigenvalue weighted by Crippen LogP contribution is 2.35. The molecule has 1 aromatic heterocycles. The van der Waals surface area contributed by atoms with Crippen molar-refractivity contribution in [2.75, 3.05) is 0 Å². The third-order valence-corrected chi connectivity index (χ3v) is 3.31. The zero-order valence-electron chi connectivity index (χ0n) is 11.4. The fourth-order valence-corrected chi connectivity index (χ4v) is 2.02. The van der Waals surface area contributed by atoms with Crippen molar-refractivity contribution in [1.29, 1.82) is 0 Å². The van der Waals surface area contributed by atoms with E-state index in [-0.39, 0.29) is 11.7 Å². The van der Waals surface area contributed by atoms with Gasteiger partial charge in [0.2, 0.25) is 5.91 Å². The van der Waals surface area contributed by atoms with Crippen molar-refractivity contribution in [1.82, 2.24) is 20.1 Å². The van der Waals surface area contributed by atoms with Gasteiger partial charge in [0, 0.05) is 12.1 Å². The van der Waals surface area contributed by atoms with Crippen LogP contribution in [0.25, 0.3) is 6.08 Å². The van der Waals surface area contributed by atoms with Crippen LogP contribution in [-0.2, 0) is 11.3 Å². The van der Waals surface area contributed by atoms with E-state index in [1.807, 2.05) is 4.57 Å². The van der Waals surface area contributed by atoms with Crippen LogP contribution < -0.4 is 5.32 Å². The van der Waals surface area contributed by atoms with Gasteiger partial charge in [0.1, 0.15) is 12.1 Å². The summed E-state index contributed by atoms with van der Waals surface area (Å²) >= 11 is 0. The molecule has 6 heteroatoms. The molecule has 0 saturated heterocycles. The molecule has 0 atom stereocenters. The van der Waals surface area contributed by atoms with Gasteiger partial charge in [0.05, 0.1) is 6.54 Å². The Morgan fingerprint density at radius 3 is 2.86 bits per heavy atom. The molecule has 1 aliphatic rings. The molecular formula is C15H15FN4O. The second-order valence-corrected chi connectivity index (χ2v) is 4.99. The van der Waals surface area contributed by atoms with Crippen LogP contribution in [0.15, 0.2) is 36.7 Å². The van der Waals surface area contributed by atoms with Crippen LogP contribution in [-0.4, -0.2) is 20.7 Å². The number of carbonyl (C=O) groups excluding carboxylic acids is 1. The second kappa shape index (κ2) is 5.87. The molecule has 21 heavy (non-hydrogen) atoms. The summed E-state index contributed by atoms with van der Waals surface area (Å²) in [6, 6.07) is 6.43. The van der Waals surface area contributed by atoms with E-state index in [0.29, 0.717) is 12.6 Å². The summed E-state index contributed by atoms with van der Waals surface area (Å²) < 4.78 is 14.8. The Bertz CT molecular complexity index is 659. The highest BCUT2D eigenvalue weighted by molar-refractivity contribution is 5.91. The van der Waals surface area contributed by atoms with E-state index < -0.39 is 0 Å². The average molecular weight is 286 g/mol. The molecule has 1 N–H and O–H groups in total. The zero-order chi connectivity index (χ0) is 14.7. The summed E-state index contributed by atoms with van der Waals surface area (Å²) in [5.74, 6) is 0.252. The lowest BCUT2D eigenvalue weighted by atomic mass is 10.2. The first-order valence-electron chi connectivity index (χ1n) is 6.82. The molecule has 0 radical (unpaired) electrons. The summed E-state index contributed by atoms with van der Waals surface area (Å²) in [4.78, 5) is 11.7. The van der Waals surface area contributed by atoms with E-state index in [4.69, 9.17) is 0 Å². The third kappa shape index (κ3) is 3.53. The normalized spacial score (nSPS) is 14.5. The smallest absolute Gasteiger partial charge is 0.244 e. The number of benzene rings is 1. The van der Waals surface area contributed by atoms with Crippen LogP contribution in [0.1, 0.15) is 30.3 Å². The van der Waals surface area contributed by atoms with Gasteiger partial charge in [-0.2, -0.15) is 0 Å². The van der Waals surface area contributed by atoms with Gasteiger partial charge < -0.3 is 9.88 Å². The Labute approximate surface area is 121 Å². The molecule has 1 saturated carbocycles. The summed E-state index contributed by atoms with van der Waals surface area (Å²) in [7, 11) is 0. The van der Waals surface area contributed by atoms with Gasteiger partial charge in [-0.1, -0.05) is 12.1 Å². The van der Waals surface area contributed by atoms with E-state index in [1.54, 1.807) is 24.5 Å². The van der Waals surface area contributed by atoms with Crippen LogP contribution in [0.5, 0.6) is 0 Å². The minimum absolute atomic E-state index is 0.218. The minimum Gasteiger partial charge on any atom is -0.345 e. The Hall–Kier alpha value is -2.50. The topological polar surface area (TPSA) is 59.8 Å². The van der Waals surface area contributed by atoms with Gasteiger partial charge in [0.15, 0.2) is 5.82 Å². The molecule has 1 aliphatic carbocycles. The maximum Gasteiger partial charge on any atom is 0.244 e. The molecule has 2 aromatic rings. The number of carbonyl (C=O) groups is 1. The number of hydrogen-bond donors (Lipinski definition) is 1. The first-order chi connectivity index (χ1) is 10.2. The molecule has 0 spiro atoms. The van der Waals surface area contributed by atoms with Crippen LogP contribution in [0, 0.1) is 5.82 Å². The van der Waals surface area contributed by atoms with E-state index in [9.17, 15) is 9.18 Å². The van der Waals surface area contributed by atoms with Crippen LogP contribution in [0.2, 0.25) is 0 Å².